The molecule has 16 nitrogen and oxygen atoms in total. The highest BCUT2D eigenvalue weighted by Crippen LogP contribution is 2.42. The molecule has 17 heteroatoms. The number of fused-ring (bicyclic) bond motifs is 3. The van der Waals surface area contributed by atoms with Gasteiger partial charge in [-0.1, -0.05) is 87.8 Å². The number of aryl methyl sites for hydroxylation is 4. The first-order valence-corrected chi connectivity index (χ1v) is 26.7. The van der Waals surface area contributed by atoms with Crippen molar-refractivity contribution in [1.29, 1.82) is 0 Å². The number of hydrogen-bond donors (Lipinski definition) is 3. The average Bonchev–Trinajstić information content (AvgIpc) is 4.07. The predicted octanol–water partition coefficient (Wildman–Crippen LogP) is 9.67. The Bertz CT molecular complexity index is 3210. The zero-order valence-corrected chi connectivity index (χ0v) is 45.9. The van der Waals surface area contributed by atoms with E-state index in [9.17, 15) is 24.0 Å². The molecule has 1 atom stereocenters. The maximum Gasteiger partial charge on any atom is 0.355 e. The van der Waals surface area contributed by atoms with Gasteiger partial charge in [-0.25, -0.2) is 9.78 Å². The zero-order valence-electron chi connectivity index (χ0n) is 45.1. The number of carbonyl (C=O) groups is 5. The fourth-order valence-electron chi connectivity index (χ4n) is 9.95. The lowest BCUT2D eigenvalue weighted by molar-refractivity contribution is -0.135. The number of rotatable bonds is 15. The van der Waals surface area contributed by atoms with Crippen LogP contribution in [0.3, 0.4) is 0 Å². The van der Waals surface area contributed by atoms with Crippen LogP contribution in [0.5, 0.6) is 5.75 Å². The van der Waals surface area contributed by atoms with Gasteiger partial charge in [-0.05, 0) is 89.1 Å². The molecule has 398 valence electrons. The number of para-hydroxylation sites is 1. The molecule has 0 radical (unpaired) electrons. The Morgan fingerprint density at radius 2 is 1.57 bits per heavy atom. The summed E-state index contributed by atoms with van der Waals surface area (Å²) in [5.41, 5.74) is 6.37. The summed E-state index contributed by atoms with van der Waals surface area (Å²) in [6.45, 7) is 21.5. The minimum atomic E-state index is -0.815. The molecule has 7 aromatic rings. The number of nitrogens with zero attached hydrogens (tertiary/aromatic N) is 6. The monoisotopic (exact) mass is 1040 g/mol. The third-order valence-corrected chi connectivity index (χ3v) is 13.8. The van der Waals surface area contributed by atoms with Crippen LogP contribution in [0.2, 0.25) is 5.02 Å². The predicted molar refractivity (Wildman–Crippen MR) is 295 cm³/mol. The van der Waals surface area contributed by atoms with Gasteiger partial charge >= 0.3 is 5.97 Å². The van der Waals surface area contributed by atoms with E-state index >= 15 is 0 Å². The summed E-state index contributed by atoms with van der Waals surface area (Å²) in [5.74, 6) is -0.384. The minimum Gasteiger partial charge on any atom is -0.493 e. The van der Waals surface area contributed by atoms with E-state index in [1.165, 1.54) is 0 Å². The number of imide groups is 1. The van der Waals surface area contributed by atoms with Gasteiger partial charge < -0.3 is 29.2 Å². The van der Waals surface area contributed by atoms with Crippen molar-refractivity contribution < 1.29 is 33.4 Å². The van der Waals surface area contributed by atoms with E-state index in [-0.39, 0.29) is 31.1 Å². The molecule has 2 aliphatic heterocycles. The second-order valence-corrected chi connectivity index (χ2v) is 19.9. The molecule has 4 amide bonds. The second-order valence-electron chi connectivity index (χ2n) is 19.5. The maximum atomic E-state index is 14.6. The topological polar surface area (TPSA) is 186 Å². The van der Waals surface area contributed by atoms with Crippen molar-refractivity contribution in [2.75, 3.05) is 39.3 Å². The Labute approximate surface area is 444 Å². The number of ether oxygens (including phenoxy) is 2. The number of aromatic amines is 1. The van der Waals surface area contributed by atoms with Crippen molar-refractivity contribution in [3.63, 3.8) is 0 Å². The second kappa shape index (κ2) is 24.5. The molecule has 75 heavy (non-hydrogen) atoms. The molecule has 2 aliphatic rings. The van der Waals surface area contributed by atoms with Crippen LogP contribution in [0, 0.1) is 13.8 Å². The Morgan fingerprint density at radius 1 is 0.853 bits per heavy atom. The van der Waals surface area contributed by atoms with Crippen LogP contribution < -0.4 is 15.4 Å². The van der Waals surface area contributed by atoms with Gasteiger partial charge in [0, 0.05) is 93.2 Å². The van der Waals surface area contributed by atoms with Gasteiger partial charge in [0.05, 0.1) is 33.9 Å². The molecule has 0 saturated carbocycles. The highest BCUT2D eigenvalue weighted by molar-refractivity contribution is 6.35. The van der Waals surface area contributed by atoms with Crippen LogP contribution in [0.25, 0.3) is 43.8 Å². The molecule has 0 bridgehead atoms. The lowest BCUT2D eigenvalue weighted by Crippen LogP contribution is -2.52. The van der Waals surface area contributed by atoms with E-state index in [1.54, 1.807) is 12.1 Å². The van der Waals surface area contributed by atoms with Crippen molar-refractivity contribution in [2.24, 2.45) is 7.05 Å². The highest BCUT2D eigenvalue weighted by atomic mass is 35.5. The van der Waals surface area contributed by atoms with Gasteiger partial charge in [0.2, 0.25) is 17.7 Å². The molecule has 5 heterocycles. The van der Waals surface area contributed by atoms with E-state index in [1.807, 2.05) is 121 Å². The smallest absolute Gasteiger partial charge is 0.355 e. The lowest BCUT2D eigenvalue weighted by Gasteiger charge is -2.35. The first-order valence-electron chi connectivity index (χ1n) is 26.3. The molecule has 4 aromatic carbocycles. The number of imidazole rings is 1. The Hall–Kier alpha value is -7.04. The normalized spacial score (nSPS) is 15.0. The molecular formula is C58H72ClN9O7. The number of piperidine rings is 1. The number of carbonyl (C=O) groups excluding carboxylic acids is 5. The van der Waals surface area contributed by atoms with Crippen molar-refractivity contribution >= 4 is 73.9 Å². The van der Waals surface area contributed by atoms with Crippen LogP contribution in [0.15, 0.2) is 72.8 Å². The lowest BCUT2D eigenvalue weighted by atomic mass is 9.98. The van der Waals surface area contributed by atoms with E-state index in [0.717, 1.165) is 55.5 Å². The van der Waals surface area contributed by atoms with Gasteiger partial charge in [-0.3, -0.25) is 34.1 Å². The maximum absolute atomic E-state index is 14.6. The first kappa shape index (κ1) is 55.7. The number of H-pyrrole nitrogens is 1. The summed E-state index contributed by atoms with van der Waals surface area (Å²) < 4.78 is 16.6. The van der Waals surface area contributed by atoms with Gasteiger partial charge in [0.25, 0.3) is 5.91 Å². The van der Waals surface area contributed by atoms with Crippen molar-refractivity contribution in [1.82, 2.24) is 44.7 Å². The van der Waals surface area contributed by atoms with Crippen LogP contribution in [0.4, 0.5) is 0 Å². The fraction of sp³-hybridized carbons (Fsp3) is 0.431. The van der Waals surface area contributed by atoms with Crippen LogP contribution >= 0.6 is 11.6 Å². The largest absolute Gasteiger partial charge is 0.493 e. The average molecular weight is 1040 g/mol. The standard InChI is InChI=1S/C54H60ClN9O7.2C2H6/c1-32-46(33(2)61(6)60-32)47-39(55)20-19-37-36(16-11-31-70-42-18-9-13-34-12-7-8-14-35(34)42)50(53(69)71-54(3,4)5)64(49(37)47)30-27-62-25-28-63(29-26-62)45(66)24-22-43-56-40-17-10-15-38(48(40)58-43)51(67)57-41-21-23-44(65)59-52(41)68;2*1-2/h7-10,12-15,17-20,41H,11,16,21-31H2,1-6H3,(H,56,58)(H,57,67)(H,59,65,68);2*1-2H3. The summed E-state index contributed by atoms with van der Waals surface area (Å²) in [7, 11) is 1.92. The molecule has 9 rings (SSSR count). The van der Waals surface area contributed by atoms with Gasteiger partial charge in [0.15, 0.2) is 0 Å². The molecule has 0 aliphatic carbocycles. The first-order chi connectivity index (χ1) is 36.0. The van der Waals surface area contributed by atoms with Gasteiger partial charge in [0.1, 0.15) is 34.4 Å². The van der Waals surface area contributed by atoms with Crippen molar-refractivity contribution in [2.45, 2.75) is 119 Å². The Balaban J connectivity index is 0.00000200. The van der Waals surface area contributed by atoms with Crippen LogP contribution in [-0.4, -0.2) is 115 Å². The number of amides is 4. The van der Waals surface area contributed by atoms with E-state index in [2.05, 4.69) is 48.3 Å². The van der Waals surface area contributed by atoms with Crippen molar-refractivity contribution in [3.05, 3.63) is 112 Å². The summed E-state index contributed by atoms with van der Waals surface area (Å²) in [6.07, 6.45) is 2.12. The molecule has 2 saturated heterocycles. The summed E-state index contributed by atoms with van der Waals surface area (Å²) in [6, 6.07) is 22.5. The number of piperazine rings is 1. The third kappa shape index (κ3) is 12.6. The molecule has 1 unspecified atom stereocenters. The van der Waals surface area contributed by atoms with E-state index < -0.39 is 29.4 Å². The van der Waals surface area contributed by atoms with Gasteiger partial charge in [-0.2, -0.15) is 5.10 Å². The Kier molecular flexibility index (Phi) is 18.2. The van der Waals surface area contributed by atoms with Crippen molar-refractivity contribution in [3.8, 4) is 16.9 Å². The molecular weight excluding hydrogens is 970 g/mol. The van der Waals surface area contributed by atoms with E-state index in [4.69, 9.17) is 26.2 Å². The summed E-state index contributed by atoms with van der Waals surface area (Å²) in [5, 5.41) is 13.4. The highest BCUT2D eigenvalue weighted by Gasteiger charge is 2.32. The fourth-order valence-corrected chi connectivity index (χ4v) is 10.2. The minimum absolute atomic E-state index is 0.000104. The summed E-state index contributed by atoms with van der Waals surface area (Å²) >= 11 is 7.22. The number of nitrogens with one attached hydrogen (secondary N) is 3. The summed E-state index contributed by atoms with van der Waals surface area (Å²) in [4.78, 5) is 77.6. The third-order valence-electron chi connectivity index (χ3n) is 13.5. The SMILES string of the molecule is CC.CC.Cc1nn(C)c(C)c1-c1c(Cl)ccc2c(CCCOc3cccc4ccccc34)c(C(=O)OC(C)(C)C)n(CCN3CCN(C(=O)CCc4nc5c(C(=O)NC6CCC(=O)NC6=O)cccc5[nH]4)CC3)c12. The van der Waals surface area contributed by atoms with Gasteiger partial charge in [-0.15, -0.1) is 0 Å². The quantitative estimate of drug-likeness (QED) is 0.0507. The molecule has 3 N–H and O–H groups in total. The number of benzene rings is 4. The number of esters is 1. The molecule has 3 aromatic heterocycles. The molecule has 2 fully saturated rings. The zero-order chi connectivity index (χ0) is 54.1. The number of halogens is 1. The molecule has 0 spiro atoms. The van der Waals surface area contributed by atoms with Crippen LogP contribution in [0.1, 0.15) is 118 Å². The van der Waals surface area contributed by atoms with Crippen LogP contribution in [-0.2, 0) is 45.6 Å². The number of hydrogen-bond acceptors (Lipinski definition) is 10. The number of aromatic nitrogens is 5. The Morgan fingerprint density at radius 3 is 2.28 bits per heavy atom. The van der Waals surface area contributed by atoms with E-state index in [0.29, 0.717) is 98.3 Å².